The van der Waals surface area contributed by atoms with Gasteiger partial charge in [0.2, 0.25) is 0 Å². The van der Waals surface area contributed by atoms with E-state index in [1.165, 1.54) is 43.5 Å². The minimum absolute atomic E-state index is 0.0786. The summed E-state index contributed by atoms with van der Waals surface area (Å²) in [5.74, 6) is 0. The van der Waals surface area contributed by atoms with Gasteiger partial charge < -0.3 is 15.0 Å². The Balaban J connectivity index is 1.77. The van der Waals surface area contributed by atoms with Gasteiger partial charge in [-0.05, 0) is 64.3 Å². The van der Waals surface area contributed by atoms with Crippen LogP contribution in [0, 0.1) is 0 Å². The Labute approximate surface area is 128 Å². The third kappa shape index (κ3) is 3.02. The van der Waals surface area contributed by atoms with Gasteiger partial charge in [0, 0.05) is 17.3 Å². The van der Waals surface area contributed by atoms with Crippen molar-refractivity contribution in [3.8, 4) is 0 Å². The first-order chi connectivity index (χ1) is 10.3. The molecule has 0 spiro atoms. The van der Waals surface area contributed by atoms with E-state index in [-0.39, 0.29) is 12.1 Å². The number of aromatic nitrogens is 2. The number of nitrogens with zero attached hydrogens (tertiary/aromatic N) is 2. The van der Waals surface area contributed by atoms with E-state index in [4.69, 9.17) is 0 Å². The predicted octanol–water partition coefficient (Wildman–Crippen LogP) is 2.61. The van der Waals surface area contributed by atoms with Gasteiger partial charge in [-0.15, -0.1) is 0 Å². The lowest BCUT2D eigenvalue weighted by atomic mass is 9.79. The highest BCUT2D eigenvalue weighted by Crippen LogP contribution is 2.37. The van der Waals surface area contributed by atoms with Crippen LogP contribution in [0.15, 0.2) is 6.33 Å². The number of fused-ring (bicyclic) bond motifs is 1. The number of nitrogens with one attached hydrogen (secondary N) is 1. The zero-order chi connectivity index (χ0) is 14.7. The minimum Gasteiger partial charge on any atom is -0.394 e. The van der Waals surface area contributed by atoms with Crippen LogP contribution in [0.5, 0.6) is 0 Å². The summed E-state index contributed by atoms with van der Waals surface area (Å²) in [6.07, 6.45) is 12.6. The van der Waals surface area contributed by atoms with Crippen LogP contribution in [-0.4, -0.2) is 33.3 Å². The molecule has 1 heterocycles. The van der Waals surface area contributed by atoms with Crippen LogP contribution >= 0.6 is 0 Å². The first-order valence-corrected chi connectivity index (χ1v) is 8.68. The molecular weight excluding hydrogens is 262 g/mol. The molecule has 2 aliphatic carbocycles. The van der Waals surface area contributed by atoms with Crippen LogP contribution in [0.4, 0.5) is 0 Å². The summed E-state index contributed by atoms with van der Waals surface area (Å²) in [6, 6.07) is 0.504. The normalized spacial score (nSPS) is 29.3. The largest absolute Gasteiger partial charge is 0.394 e. The zero-order valence-corrected chi connectivity index (χ0v) is 13.3. The summed E-state index contributed by atoms with van der Waals surface area (Å²) < 4.78 is 2.44. The SMILES string of the molecule is CCCNC1(CO)CCCC(n2cnc3c2CCCC3)C1. The molecule has 0 bridgehead atoms. The van der Waals surface area contributed by atoms with Gasteiger partial charge in [0.05, 0.1) is 18.6 Å². The smallest absolute Gasteiger partial charge is 0.0954 e. The summed E-state index contributed by atoms with van der Waals surface area (Å²) in [6.45, 7) is 3.43. The van der Waals surface area contributed by atoms with Gasteiger partial charge in [0.25, 0.3) is 0 Å². The maximum atomic E-state index is 9.93. The topological polar surface area (TPSA) is 50.1 Å². The van der Waals surface area contributed by atoms with E-state index in [0.717, 1.165) is 32.2 Å². The second-order valence-electron chi connectivity index (χ2n) is 6.87. The van der Waals surface area contributed by atoms with Crippen LogP contribution in [0.25, 0.3) is 0 Å². The molecule has 1 fully saturated rings. The molecule has 2 atom stereocenters. The second-order valence-corrected chi connectivity index (χ2v) is 6.87. The Morgan fingerprint density at radius 2 is 2.24 bits per heavy atom. The van der Waals surface area contributed by atoms with Crippen molar-refractivity contribution in [1.29, 1.82) is 0 Å². The van der Waals surface area contributed by atoms with Crippen LogP contribution in [0.2, 0.25) is 0 Å². The molecule has 2 aliphatic rings. The predicted molar refractivity (Wildman–Crippen MR) is 84.5 cm³/mol. The van der Waals surface area contributed by atoms with Crippen molar-refractivity contribution in [2.75, 3.05) is 13.2 Å². The summed E-state index contributed by atoms with van der Waals surface area (Å²) in [7, 11) is 0. The molecule has 1 aromatic heterocycles. The second kappa shape index (κ2) is 6.49. The van der Waals surface area contributed by atoms with Crippen molar-refractivity contribution >= 4 is 0 Å². The van der Waals surface area contributed by atoms with Crippen molar-refractivity contribution in [3.63, 3.8) is 0 Å². The molecule has 0 saturated heterocycles. The van der Waals surface area contributed by atoms with Crippen molar-refractivity contribution in [2.45, 2.75) is 76.3 Å². The van der Waals surface area contributed by atoms with E-state index >= 15 is 0 Å². The van der Waals surface area contributed by atoms with E-state index in [9.17, 15) is 5.11 Å². The van der Waals surface area contributed by atoms with Crippen molar-refractivity contribution < 1.29 is 5.11 Å². The van der Waals surface area contributed by atoms with Crippen molar-refractivity contribution in [1.82, 2.24) is 14.9 Å². The standard InChI is InChI=1S/C17H29N3O/c1-2-10-19-17(12-21)9-5-6-14(11-17)20-13-18-15-7-3-4-8-16(15)20/h13-14,19,21H,2-12H2,1H3. The zero-order valence-electron chi connectivity index (χ0n) is 13.3. The number of rotatable bonds is 5. The highest BCUT2D eigenvalue weighted by Gasteiger charge is 2.36. The van der Waals surface area contributed by atoms with E-state index in [1.807, 2.05) is 0 Å². The average molecular weight is 291 g/mol. The van der Waals surface area contributed by atoms with Gasteiger partial charge in [-0.3, -0.25) is 0 Å². The molecule has 4 nitrogen and oxygen atoms in total. The highest BCUT2D eigenvalue weighted by atomic mass is 16.3. The Morgan fingerprint density at radius 1 is 1.38 bits per heavy atom. The van der Waals surface area contributed by atoms with Crippen LogP contribution in [-0.2, 0) is 12.8 Å². The summed E-state index contributed by atoms with van der Waals surface area (Å²) in [5, 5.41) is 13.6. The monoisotopic (exact) mass is 291 g/mol. The third-order valence-electron chi connectivity index (χ3n) is 5.33. The number of hydrogen-bond acceptors (Lipinski definition) is 3. The molecular formula is C17H29N3O. The molecule has 2 N–H and O–H groups in total. The molecule has 1 saturated carbocycles. The fourth-order valence-corrected chi connectivity index (χ4v) is 4.13. The first-order valence-electron chi connectivity index (χ1n) is 8.68. The van der Waals surface area contributed by atoms with E-state index in [0.29, 0.717) is 6.04 Å². The summed E-state index contributed by atoms with van der Waals surface area (Å²) in [4.78, 5) is 4.65. The van der Waals surface area contributed by atoms with Gasteiger partial charge in [-0.1, -0.05) is 6.92 Å². The molecule has 0 aliphatic heterocycles. The third-order valence-corrected chi connectivity index (χ3v) is 5.33. The Hall–Kier alpha value is -0.870. The van der Waals surface area contributed by atoms with Gasteiger partial charge >= 0.3 is 0 Å². The molecule has 1 aromatic rings. The molecule has 0 amide bonds. The lowest BCUT2D eigenvalue weighted by Gasteiger charge is -2.41. The van der Waals surface area contributed by atoms with Crippen molar-refractivity contribution in [2.24, 2.45) is 0 Å². The molecule has 0 aromatic carbocycles. The number of imidazole rings is 1. The lowest BCUT2D eigenvalue weighted by molar-refractivity contribution is 0.0971. The van der Waals surface area contributed by atoms with E-state index < -0.39 is 0 Å². The molecule has 21 heavy (non-hydrogen) atoms. The molecule has 4 heteroatoms. The number of hydrogen-bond donors (Lipinski definition) is 2. The number of aliphatic hydroxyl groups excluding tert-OH is 1. The van der Waals surface area contributed by atoms with Gasteiger partial charge in [0.1, 0.15) is 0 Å². The van der Waals surface area contributed by atoms with E-state index in [1.54, 1.807) is 0 Å². The molecule has 2 unspecified atom stereocenters. The Kier molecular flexibility index (Phi) is 4.65. The highest BCUT2D eigenvalue weighted by molar-refractivity contribution is 5.18. The molecule has 3 rings (SSSR count). The number of aryl methyl sites for hydroxylation is 1. The Morgan fingerprint density at radius 3 is 3.05 bits per heavy atom. The fourth-order valence-electron chi connectivity index (χ4n) is 4.13. The minimum atomic E-state index is -0.0786. The van der Waals surface area contributed by atoms with Gasteiger partial charge in [-0.25, -0.2) is 4.98 Å². The number of aliphatic hydroxyl groups is 1. The van der Waals surface area contributed by atoms with Crippen LogP contribution < -0.4 is 5.32 Å². The maximum absolute atomic E-state index is 9.93. The fraction of sp³-hybridized carbons (Fsp3) is 0.824. The van der Waals surface area contributed by atoms with Crippen LogP contribution in [0.3, 0.4) is 0 Å². The average Bonchev–Trinajstić information content (AvgIpc) is 2.97. The molecule has 0 radical (unpaired) electrons. The van der Waals surface area contributed by atoms with Gasteiger partial charge in [0.15, 0.2) is 0 Å². The van der Waals surface area contributed by atoms with Crippen LogP contribution in [0.1, 0.15) is 69.3 Å². The first kappa shape index (κ1) is 15.0. The summed E-state index contributed by atoms with van der Waals surface area (Å²) >= 11 is 0. The van der Waals surface area contributed by atoms with E-state index in [2.05, 4.69) is 28.1 Å². The maximum Gasteiger partial charge on any atom is 0.0954 e. The quantitative estimate of drug-likeness (QED) is 0.877. The lowest BCUT2D eigenvalue weighted by Crippen LogP contribution is -2.52. The Bertz CT molecular complexity index is 471. The van der Waals surface area contributed by atoms with Crippen molar-refractivity contribution in [3.05, 3.63) is 17.7 Å². The summed E-state index contributed by atoms with van der Waals surface area (Å²) in [5.41, 5.74) is 2.71. The van der Waals surface area contributed by atoms with Gasteiger partial charge in [-0.2, -0.15) is 0 Å². The molecule has 118 valence electrons.